The van der Waals surface area contributed by atoms with Crippen LogP contribution in [0.25, 0.3) is 0 Å². The topological polar surface area (TPSA) is 44.7 Å². The molecule has 22 heavy (non-hydrogen) atoms. The predicted molar refractivity (Wildman–Crippen MR) is 85.6 cm³/mol. The molecule has 4 nitrogen and oxygen atoms in total. The van der Waals surface area contributed by atoms with Crippen LogP contribution in [0.15, 0.2) is 18.2 Å². The summed E-state index contributed by atoms with van der Waals surface area (Å²) in [4.78, 5) is 2.23. The van der Waals surface area contributed by atoms with Crippen molar-refractivity contribution in [1.82, 2.24) is 10.2 Å². The minimum atomic E-state index is -0.438. The fourth-order valence-corrected chi connectivity index (χ4v) is 3.04. The van der Waals surface area contributed by atoms with Crippen molar-refractivity contribution in [1.29, 1.82) is 0 Å². The van der Waals surface area contributed by atoms with Gasteiger partial charge in [0, 0.05) is 36.8 Å². The second-order valence-corrected chi connectivity index (χ2v) is 6.17. The standard InChI is InChI=1S/C16H24ClFN2O2/c1-22-11-13(21)10-20-7-5-12(6-8-20)19-9-14-15(17)3-2-4-16(14)18/h2-4,12-13,19,21H,5-11H2,1H3. The van der Waals surface area contributed by atoms with Crippen molar-refractivity contribution in [3.8, 4) is 0 Å². The van der Waals surface area contributed by atoms with Crippen LogP contribution in [-0.4, -0.2) is 55.5 Å². The number of nitrogens with zero attached hydrogens (tertiary/aromatic N) is 1. The summed E-state index contributed by atoms with van der Waals surface area (Å²) in [6.07, 6.45) is 1.52. The van der Waals surface area contributed by atoms with Crippen LogP contribution < -0.4 is 5.32 Å². The highest BCUT2D eigenvalue weighted by molar-refractivity contribution is 6.31. The van der Waals surface area contributed by atoms with Gasteiger partial charge >= 0.3 is 0 Å². The van der Waals surface area contributed by atoms with Crippen molar-refractivity contribution in [3.05, 3.63) is 34.6 Å². The maximum Gasteiger partial charge on any atom is 0.129 e. The molecule has 0 aliphatic carbocycles. The maximum absolute atomic E-state index is 13.7. The van der Waals surface area contributed by atoms with Gasteiger partial charge in [-0.2, -0.15) is 0 Å². The highest BCUT2D eigenvalue weighted by atomic mass is 35.5. The Balaban J connectivity index is 1.74. The summed E-state index contributed by atoms with van der Waals surface area (Å²) in [5, 5.41) is 13.6. The lowest BCUT2D eigenvalue weighted by atomic mass is 10.0. The zero-order chi connectivity index (χ0) is 15.9. The molecule has 1 atom stereocenters. The van der Waals surface area contributed by atoms with Gasteiger partial charge in [0.1, 0.15) is 5.82 Å². The minimum absolute atomic E-state index is 0.264. The number of methoxy groups -OCH3 is 1. The van der Waals surface area contributed by atoms with E-state index >= 15 is 0 Å². The third-order valence-corrected chi connectivity index (χ3v) is 4.40. The SMILES string of the molecule is COCC(O)CN1CCC(NCc2c(F)cccc2Cl)CC1. The Kier molecular flexibility index (Phi) is 7.05. The Hall–Kier alpha value is -0.720. The Morgan fingerprint density at radius 1 is 1.45 bits per heavy atom. The average Bonchev–Trinajstić information content (AvgIpc) is 2.48. The van der Waals surface area contributed by atoms with Crippen LogP contribution in [-0.2, 0) is 11.3 Å². The molecule has 1 saturated heterocycles. The molecule has 1 aromatic carbocycles. The zero-order valence-corrected chi connectivity index (χ0v) is 13.7. The van der Waals surface area contributed by atoms with Crippen LogP contribution in [0, 0.1) is 5.82 Å². The lowest BCUT2D eigenvalue weighted by Gasteiger charge is -2.33. The highest BCUT2D eigenvalue weighted by Gasteiger charge is 2.21. The number of piperidine rings is 1. The van der Waals surface area contributed by atoms with Crippen molar-refractivity contribution in [2.24, 2.45) is 0 Å². The van der Waals surface area contributed by atoms with E-state index in [2.05, 4.69) is 10.2 Å². The fraction of sp³-hybridized carbons (Fsp3) is 0.625. The molecular formula is C16H24ClFN2O2. The molecule has 1 unspecified atom stereocenters. The van der Waals surface area contributed by atoms with E-state index in [9.17, 15) is 9.50 Å². The number of hydrogen-bond acceptors (Lipinski definition) is 4. The molecule has 2 N–H and O–H groups in total. The van der Waals surface area contributed by atoms with Crippen molar-refractivity contribution in [2.45, 2.75) is 31.5 Å². The molecule has 6 heteroatoms. The van der Waals surface area contributed by atoms with Gasteiger partial charge in [0.05, 0.1) is 12.7 Å². The van der Waals surface area contributed by atoms with Gasteiger partial charge in [-0.05, 0) is 38.1 Å². The summed E-state index contributed by atoms with van der Waals surface area (Å²) in [6, 6.07) is 5.11. The number of likely N-dealkylation sites (tertiary alicyclic amines) is 1. The van der Waals surface area contributed by atoms with Gasteiger partial charge in [0.15, 0.2) is 0 Å². The number of hydrogen-bond donors (Lipinski definition) is 2. The first-order valence-electron chi connectivity index (χ1n) is 7.65. The normalized spacial score (nSPS) is 18.5. The number of benzene rings is 1. The first-order chi connectivity index (χ1) is 10.6. The predicted octanol–water partition coefficient (Wildman–Crippen LogP) is 2.04. The summed E-state index contributed by atoms with van der Waals surface area (Å²) >= 11 is 6.03. The van der Waals surface area contributed by atoms with E-state index in [1.54, 1.807) is 19.2 Å². The number of nitrogens with one attached hydrogen (secondary N) is 1. The number of rotatable bonds is 7. The van der Waals surface area contributed by atoms with Crippen LogP contribution in [0.4, 0.5) is 4.39 Å². The van der Waals surface area contributed by atoms with E-state index in [1.807, 2.05) is 0 Å². The number of halogens is 2. The van der Waals surface area contributed by atoms with Crippen LogP contribution in [0.2, 0.25) is 5.02 Å². The van der Waals surface area contributed by atoms with E-state index in [-0.39, 0.29) is 5.82 Å². The average molecular weight is 331 g/mol. The van der Waals surface area contributed by atoms with Gasteiger partial charge in [-0.3, -0.25) is 0 Å². The molecule has 1 aliphatic heterocycles. The molecule has 0 spiro atoms. The fourth-order valence-electron chi connectivity index (χ4n) is 2.81. The molecule has 1 fully saturated rings. The molecule has 0 radical (unpaired) electrons. The van der Waals surface area contributed by atoms with Gasteiger partial charge in [0.25, 0.3) is 0 Å². The smallest absolute Gasteiger partial charge is 0.129 e. The van der Waals surface area contributed by atoms with Crippen molar-refractivity contribution < 1.29 is 14.2 Å². The summed E-state index contributed by atoms with van der Waals surface area (Å²) in [5.41, 5.74) is 0.530. The molecule has 0 saturated carbocycles. The van der Waals surface area contributed by atoms with E-state index in [1.165, 1.54) is 6.07 Å². The van der Waals surface area contributed by atoms with Crippen LogP contribution in [0.5, 0.6) is 0 Å². The van der Waals surface area contributed by atoms with Crippen LogP contribution in [0.1, 0.15) is 18.4 Å². The molecule has 0 bridgehead atoms. The van der Waals surface area contributed by atoms with Gasteiger partial charge in [-0.15, -0.1) is 0 Å². The number of aliphatic hydroxyl groups excluding tert-OH is 1. The molecule has 0 aromatic heterocycles. The molecule has 2 rings (SSSR count). The van der Waals surface area contributed by atoms with Crippen molar-refractivity contribution in [2.75, 3.05) is 33.4 Å². The first kappa shape index (κ1) is 17.6. The number of β-amino-alcohol motifs (C(OH)–C–C–N with tert-alkyl or cyclic N) is 1. The Morgan fingerprint density at radius 3 is 2.82 bits per heavy atom. The van der Waals surface area contributed by atoms with Crippen molar-refractivity contribution in [3.63, 3.8) is 0 Å². The number of ether oxygens (including phenoxy) is 1. The Labute approximate surface area is 136 Å². The molecule has 124 valence electrons. The summed E-state index contributed by atoms with van der Waals surface area (Å²) in [6.45, 7) is 3.29. The highest BCUT2D eigenvalue weighted by Crippen LogP contribution is 2.19. The largest absolute Gasteiger partial charge is 0.389 e. The van der Waals surface area contributed by atoms with Crippen molar-refractivity contribution >= 4 is 11.6 Å². The summed E-state index contributed by atoms with van der Waals surface area (Å²) < 4.78 is 18.6. The van der Waals surface area contributed by atoms with E-state index in [0.29, 0.717) is 36.3 Å². The van der Waals surface area contributed by atoms with E-state index < -0.39 is 6.10 Å². The summed E-state index contributed by atoms with van der Waals surface area (Å²) in [5.74, 6) is -0.264. The third kappa shape index (κ3) is 5.18. The molecule has 0 amide bonds. The second-order valence-electron chi connectivity index (χ2n) is 5.77. The first-order valence-corrected chi connectivity index (χ1v) is 8.03. The van der Waals surface area contributed by atoms with Gasteiger partial charge < -0.3 is 20.1 Å². The second kappa shape index (κ2) is 8.79. The minimum Gasteiger partial charge on any atom is -0.389 e. The summed E-state index contributed by atoms with van der Waals surface area (Å²) in [7, 11) is 1.59. The van der Waals surface area contributed by atoms with Gasteiger partial charge in [0.2, 0.25) is 0 Å². The molecule has 1 aromatic rings. The molecular weight excluding hydrogens is 307 g/mol. The van der Waals surface area contributed by atoms with Gasteiger partial charge in [-0.25, -0.2) is 4.39 Å². The van der Waals surface area contributed by atoms with E-state index in [4.69, 9.17) is 16.3 Å². The Bertz CT molecular complexity index is 447. The van der Waals surface area contributed by atoms with Crippen LogP contribution >= 0.6 is 11.6 Å². The molecule has 1 aliphatic rings. The van der Waals surface area contributed by atoms with E-state index in [0.717, 1.165) is 25.9 Å². The lowest BCUT2D eigenvalue weighted by Crippen LogP contribution is -2.45. The molecule has 1 heterocycles. The maximum atomic E-state index is 13.7. The third-order valence-electron chi connectivity index (χ3n) is 4.04. The monoisotopic (exact) mass is 330 g/mol. The van der Waals surface area contributed by atoms with Gasteiger partial charge in [-0.1, -0.05) is 17.7 Å². The van der Waals surface area contributed by atoms with Crippen LogP contribution in [0.3, 0.4) is 0 Å². The quantitative estimate of drug-likeness (QED) is 0.803. The number of aliphatic hydroxyl groups is 1. The Morgan fingerprint density at radius 2 is 2.18 bits per heavy atom. The lowest BCUT2D eigenvalue weighted by molar-refractivity contribution is 0.0310. The zero-order valence-electron chi connectivity index (χ0n) is 12.9.